The van der Waals surface area contributed by atoms with Crippen molar-refractivity contribution in [3.05, 3.63) is 0 Å². The minimum absolute atomic E-state index is 0.373. The van der Waals surface area contributed by atoms with Gasteiger partial charge in [-0.25, -0.2) is 9.59 Å². The number of carbonyl (C=O) groups excluding carboxylic acids is 3. The lowest BCUT2D eigenvalue weighted by molar-refractivity contribution is -0.170. The summed E-state index contributed by atoms with van der Waals surface area (Å²) in [6, 6.07) is -0.671. The van der Waals surface area contributed by atoms with Crippen LogP contribution in [-0.2, 0) is 23.9 Å². The summed E-state index contributed by atoms with van der Waals surface area (Å²) in [6.45, 7) is 5.41. The van der Waals surface area contributed by atoms with Gasteiger partial charge in [-0.05, 0) is 33.6 Å². The van der Waals surface area contributed by atoms with Crippen molar-refractivity contribution in [3.8, 4) is 0 Å². The number of hydrogen-bond donors (Lipinski definition) is 0. The van der Waals surface area contributed by atoms with Gasteiger partial charge in [0.1, 0.15) is 11.6 Å². The van der Waals surface area contributed by atoms with Gasteiger partial charge in [-0.15, -0.1) is 0 Å². The average Bonchev–Trinajstić information content (AvgIpc) is 2.73. The molecule has 1 heterocycles. The Bertz CT molecular complexity index is 358. The van der Waals surface area contributed by atoms with Crippen LogP contribution in [0.25, 0.3) is 0 Å². The number of methoxy groups -OCH3 is 1. The molecule has 0 spiro atoms. The van der Waals surface area contributed by atoms with Gasteiger partial charge in [0, 0.05) is 6.54 Å². The fourth-order valence-electron chi connectivity index (χ4n) is 1.83. The number of amides is 1. The van der Waals surface area contributed by atoms with Crippen molar-refractivity contribution < 1.29 is 23.9 Å². The van der Waals surface area contributed by atoms with E-state index in [2.05, 4.69) is 4.74 Å². The molecule has 102 valence electrons. The number of ether oxygens (including phenoxy) is 2. The zero-order valence-corrected chi connectivity index (χ0v) is 11.2. The zero-order chi connectivity index (χ0) is 13.9. The Kier molecular flexibility index (Phi) is 4.32. The van der Waals surface area contributed by atoms with Crippen molar-refractivity contribution in [1.29, 1.82) is 0 Å². The third-order valence-electron chi connectivity index (χ3n) is 2.56. The first-order valence-corrected chi connectivity index (χ1v) is 5.88. The molecule has 0 radical (unpaired) electrons. The summed E-state index contributed by atoms with van der Waals surface area (Å²) in [5, 5.41) is 0. The molecular weight excluding hydrogens is 238 g/mol. The molecule has 1 atom stereocenters. The first kappa shape index (κ1) is 14.5. The number of carbonyl (C=O) groups is 3. The molecule has 6 nitrogen and oxygen atoms in total. The van der Waals surface area contributed by atoms with Crippen LogP contribution >= 0.6 is 0 Å². The van der Waals surface area contributed by atoms with Gasteiger partial charge in [-0.2, -0.15) is 0 Å². The maximum Gasteiger partial charge on any atom is 0.397 e. The molecule has 6 heteroatoms. The summed E-state index contributed by atoms with van der Waals surface area (Å²) in [7, 11) is 1.26. The highest BCUT2D eigenvalue weighted by molar-refractivity contribution is 6.33. The molecule has 0 saturated carbocycles. The second-order valence-corrected chi connectivity index (χ2v) is 5.18. The summed E-state index contributed by atoms with van der Waals surface area (Å²) < 4.78 is 9.60. The highest BCUT2D eigenvalue weighted by Gasteiger charge is 2.39. The Morgan fingerprint density at radius 3 is 2.33 bits per heavy atom. The molecule has 0 aromatic rings. The number of rotatable bonds is 1. The Morgan fingerprint density at radius 2 is 1.83 bits per heavy atom. The van der Waals surface area contributed by atoms with E-state index in [9.17, 15) is 14.4 Å². The molecule has 1 amide bonds. The van der Waals surface area contributed by atoms with Crippen LogP contribution in [-0.4, -0.2) is 48.0 Å². The van der Waals surface area contributed by atoms with Gasteiger partial charge in [0.25, 0.3) is 0 Å². The molecular formula is C12H19NO5. The van der Waals surface area contributed by atoms with Crippen LogP contribution in [0.15, 0.2) is 0 Å². The van der Waals surface area contributed by atoms with Crippen LogP contribution in [0.1, 0.15) is 33.6 Å². The molecule has 1 fully saturated rings. The number of nitrogens with zero attached hydrogens (tertiary/aromatic N) is 1. The third kappa shape index (κ3) is 3.45. The second-order valence-electron chi connectivity index (χ2n) is 5.18. The van der Waals surface area contributed by atoms with E-state index in [4.69, 9.17) is 4.74 Å². The molecule has 1 rings (SSSR count). The molecule has 0 aromatic carbocycles. The monoisotopic (exact) mass is 257 g/mol. The van der Waals surface area contributed by atoms with E-state index < -0.39 is 29.5 Å². The van der Waals surface area contributed by atoms with Crippen LogP contribution in [0.5, 0.6) is 0 Å². The lowest BCUT2D eigenvalue weighted by Gasteiger charge is -2.24. The van der Waals surface area contributed by atoms with Crippen LogP contribution in [0, 0.1) is 0 Å². The second kappa shape index (κ2) is 5.37. The fourth-order valence-corrected chi connectivity index (χ4v) is 1.83. The quantitative estimate of drug-likeness (QED) is 0.505. The van der Waals surface area contributed by atoms with Gasteiger partial charge in [0.05, 0.1) is 7.11 Å². The number of esters is 2. The molecule has 18 heavy (non-hydrogen) atoms. The van der Waals surface area contributed by atoms with E-state index in [0.29, 0.717) is 19.4 Å². The van der Waals surface area contributed by atoms with Crippen LogP contribution in [0.4, 0.5) is 0 Å². The molecule has 1 aliphatic heterocycles. The zero-order valence-electron chi connectivity index (χ0n) is 11.2. The summed E-state index contributed by atoms with van der Waals surface area (Å²) in [6.07, 6.45) is 1.19. The molecule has 1 aliphatic rings. The smallest absolute Gasteiger partial charge is 0.397 e. The van der Waals surface area contributed by atoms with E-state index in [1.54, 1.807) is 20.8 Å². The van der Waals surface area contributed by atoms with Crippen LogP contribution in [0.2, 0.25) is 0 Å². The fraction of sp³-hybridized carbons (Fsp3) is 0.750. The predicted octanol–water partition coefficient (Wildman–Crippen LogP) is 0.492. The average molecular weight is 257 g/mol. The molecule has 1 saturated heterocycles. The van der Waals surface area contributed by atoms with Gasteiger partial charge in [-0.3, -0.25) is 4.79 Å². The largest absolute Gasteiger partial charge is 0.467 e. The van der Waals surface area contributed by atoms with Crippen LogP contribution in [0.3, 0.4) is 0 Å². The number of hydrogen-bond acceptors (Lipinski definition) is 5. The van der Waals surface area contributed by atoms with Crippen molar-refractivity contribution >= 4 is 17.8 Å². The first-order chi connectivity index (χ1) is 8.26. The van der Waals surface area contributed by atoms with Gasteiger partial charge in [-0.1, -0.05) is 0 Å². The lowest BCUT2D eigenvalue weighted by atomic mass is 10.2. The molecule has 0 unspecified atom stereocenters. The summed E-state index contributed by atoms with van der Waals surface area (Å²) in [5.41, 5.74) is -0.729. The van der Waals surface area contributed by atoms with Gasteiger partial charge in [0.2, 0.25) is 0 Å². The van der Waals surface area contributed by atoms with Gasteiger partial charge in [0.15, 0.2) is 0 Å². The van der Waals surface area contributed by atoms with E-state index >= 15 is 0 Å². The van der Waals surface area contributed by atoms with E-state index in [-0.39, 0.29) is 0 Å². The minimum Gasteiger partial charge on any atom is -0.467 e. The third-order valence-corrected chi connectivity index (χ3v) is 2.56. The highest BCUT2D eigenvalue weighted by Crippen LogP contribution is 2.19. The molecule has 0 aromatic heterocycles. The Morgan fingerprint density at radius 1 is 1.22 bits per heavy atom. The van der Waals surface area contributed by atoms with E-state index in [0.717, 1.165) is 0 Å². The highest BCUT2D eigenvalue weighted by atomic mass is 16.6. The molecule has 0 aliphatic carbocycles. The first-order valence-electron chi connectivity index (χ1n) is 5.88. The van der Waals surface area contributed by atoms with Gasteiger partial charge >= 0.3 is 17.8 Å². The van der Waals surface area contributed by atoms with Crippen molar-refractivity contribution in [1.82, 2.24) is 4.90 Å². The van der Waals surface area contributed by atoms with Crippen LogP contribution < -0.4 is 0 Å². The summed E-state index contributed by atoms with van der Waals surface area (Å²) in [4.78, 5) is 36.2. The minimum atomic E-state index is -0.932. The number of likely N-dealkylation sites (tertiary alicyclic amines) is 1. The Hall–Kier alpha value is -1.59. The Labute approximate surface area is 106 Å². The van der Waals surface area contributed by atoms with E-state index in [1.165, 1.54) is 12.0 Å². The standard InChI is InChI=1S/C12H19NO5/c1-12(2,3)18-11(16)9(14)13-7-5-6-8(13)10(15)17-4/h8H,5-7H2,1-4H3/t8-/m0/s1. The topological polar surface area (TPSA) is 72.9 Å². The van der Waals surface area contributed by atoms with Crippen molar-refractivity contribution in [2.24, 2.45) is 0 Å². The maximum absolute atomic E-state index is 11.9. The predicted molar refractivity (Wildman–Crippen MR) is 62.6 cm³/mol. The van der Waals surface area contributed by atoms with Crippen molar-refractivity contribution in [2.75, 3.05) is 13.7 Å². The maximum atomic E-state index is 11.9. The molecule has 0 bridgehead atoms. The van der Waals surface area contributed by atoms with Gasteiger partial charge < -0.3 is 14.4 Å². The summed E-state index contributed by atoms with van der Waals surface area (Å²) >= 11 is 0. The Balaban J connectivity index is 2.71. The van der Waals surface area contributed by atoms with E-state index in [1.807, 2.05) is 0 Å². The molecule has 0 N–H and O–H groups in total. The van der Waals surface area contributed by atoms with Crippen molar-refractivity contribution in [3.63, 3.8) is 0 Å². The summed E-state index contributed by atoms with van der Waals surface area (Å²) in [5.74, 6) is -2.21. The SMILES string of the molecule is COC(=O)[C@@H]1CCCN1C(=O)C(=O)OC(C)(C)C. The van der Waals surface area contributed by atoms with Crippen molar-refractivity contribution in [2.45, 2.75) is 45.3 Å². The normalized spacial score (nSPS) is 19.6. The lowest BCUT2D eigenvalue weighted by Crippen LogP contribution is -2.46.